The van der Waals surface area contributed by atoms with Gasteiger partial charge in [0, 0.05) is 0 Å². The van der Waals surface area contributed by atoms with Crippen LogP contribution in [0.5, 0.6) is 0 Å². The molecule has 20 heavy (non-hydrogen) atoms. The number of esters is 1. The molecule has 0 saturated heterocycles. The van der Waals surface area contributed by atoms with Crippen LogP contribution in [0.1, 0.15) is 45.7 Å². The summed E-state index contributed by atoms with van der Waals surface area (Å²) in [7, 11) is 0. The molecule has 0 spiro atoms. The van der Waals surface area contributed by atoms with E-state index in [9.17, 15) is 9.59 Å². The van der Waals surface area contributed by atoms with E-state index < -0.39 is 11.4 Å². The second kappa shape index (κ2) is 6.21. The fourth-order valence-electron chi connectivity index (χ4n) is 2.00. The van der Waals surface area contributed by atoms with Gasteiger partial charge in [0.1, 0.15) is 11.7 Å². The zero-order chi connectivity index (χ0) is 15.4. The van der Waals surface area contributed by atoms with E-state index in [0.717, 1.165) is 5.56 Å². The monoisotopic (exact) mass is 276 g/mol. The van der Waals surface area contributed by atoms with Crippen molar-refractivity contribution in [1.29, 1.82) is 0 Å². The van der Waals surface area contributed by atoms with Crippen LogP contribution in [0.3, 0.4) is 0 Å². The summed E-state index contributed by atoms with van der Waals surface area (Å²) in [5, 5.41) is 0. The summed E-state index contributed by atoms with van der Waals surface area (Å²) < 4.78 is 4.98. The number of aldehydes is 1. The van der Waals surface area contributed by atoms with E-state index in [1.165, 1.54) is 5.56 Å². The van der Waals surface area contributed by atoms with Crippen LogP contribution in [0.15, 0.2) is 24.3 Å². The summed E-state index contributed by atoms with van der Waals surface area (Å²) in [6.45, 7) is 10.1. The van der Waals surface area contributed by atoms with Gasteiger partial charge in [0.2, 0.25) is 0 Å². The largest absolute Gasteiger partial charge is 0.465 e. The van der Waals surface area contributed by atoms with Crippen molar-refractivity contribution < 1.29 is 14.3 Å². The van der Waals surface area contributed by atoms with Crippen molar-refractivity contribution in [2.75, 3.05) is 6.61 Å². The highest BCUT2D eigenvalue weighted by Crippen LogP contribution is 2.26. The van der Waals surface area contributed by atoms with Crippen LogP contribution in [0.4, 0.5) is 0 Å². The molecule has 0 aliphatic heterocycles. The molecule has 1 atom stereocenters. The highest BCUT2D eigenvalue weighted by Gasteiger charge is 2.34. The van der Waals surface area contributed by atoms with Gasteiger partial charge in [-0.05, 0) is 36.8 Å². The molecule has 0 radical (unpaired) electrons. The van der Waals surface area contributed by atoms with Crippen LogP contribution < -0.4 is 0 Å². The van der Waals surface area contributed by atoms with Gasteiger partial charge in [-0.3, -0.25) is 4.79 Å². The third kappa shape index (κ3) is 3.92. The Morgan fingerprint density at radius 3 is 2.10 bits per heavy atom. The number of ether oxygens (including phenoxy) is 1. The lowest BCUT2D eigenvalue weighted by molar-refractivity contribution is -0.155. The molecule has 1 aromatic rings. The lowest BCUT2D eigenvalue weighted by atomic mass is 9.83. The van der Waals surface area contributed by atoms with Crippen LogP contribution in [0.25, 0.3) is 0 Å². The maximum Gasteiger partial charge on any atom is 0.319 e. The molecule has 0 heterocycles. The highest BCUT2D eigenvalue weighted by atomic mass is 16.5. The van der Waals surface area contributed by atoms with Gasteiger partial charge in [0.25, 0.3) is 0 Å². The Labute approximate surface area is 121 Å². The quantitative estimate of drug-likeness (QED) is 0.471. The predicted molar refractivity (Wildman–Crippen MR) is 79.7 cm³/mol. The first-order valence-corrected chi connectivity index (χ1v) is 6.96. The number of carbonyl (C=O) groups excluding carboxylic acids is 2. The Hall–Kier alpha value is -1.64. The maximum atomic E-state index is 11.9. The Bertz CT molecular complexity index is 468. The summed E-state index contributed by atoms with van der Waals surface area (Å²) in [5.41, 5.74) is 1.17. The van der Waals surface area contributed by atoms with Gasteiger partial charge in [-0.2, -0.15) is 0 Å². The number of benzene rings is 1. The molecule has 0 saturated carbocycles. The summed E-state index contributed by atoms with van der Waals surface area (Å²) in [5.74, 6) is -0.463. The molecule has 0 aliphatic rings. The zero-order valence-corrected chi connectivity index (χ0v) is 13.0. The molecule has 3 nitrogen and oxygen atoms in total. The van der Waals surface area contributed by atoms with Gasteiger partial charge in [0.05, 0.1) is 6.61 Å². The molecule has 1 aromatic carbocycles. The topological polar surface area (TPSA) is 43.4 Å². The third-order valence-corrected chi connectivity index (χ3v) is 3.39. The third-order valence-electron chi connectivity index (χ3n) is 3.39. The van der Waals surface area contributed by atoms with Gasteiger partial charge in [-0.1, -0.05) is 45.0 Å². The molecule has 0 N–H and O–H groups in total. The van der Waals surface area contributed by atoms with Crippen molar-refractivity contribution in [2.45, 2.75) is 46.5 Å². The molecular weight excluding hydrogens is 252 g/mol. The Morgan fingerprint density at radius 2 is 1.70 bits per heavy atom. The van der Waals surface area contributed by atoms with E-state index in [1.807, 2.05) is 24.3 Å². The first-order chi connectivity index (χ1) is 9.23. The lowest BCUT2D eigenvalue weighted by Gasteiger charge is -2.22. The van der Waals surface area contributed by atoms with Gasteiger partial charge in [-0.25, -0.2) is 0 Å². The Kier molecular flexibility index (Phi) is 5.09. The molecule has 0 aliphatic carbocycles. The van der Waals surface area contributed by atoms with Crippen molar-refractivity contribution >= 4 is 12.3 Å². The first kappa shape index (κ1) is 16.4. The number of carbonyl (C=O) groups is 2. The van der Waals surface area contributed by atoms with Crippen molar-refractivity contribution in [3.8, 4) is 0 Å². The Morgan fingerprint density at radius 1 is 1.15 bits per heavy atom. The molecule has 0 bridgehead atoms. The standard InChI is InChI=1S/C17H24O3/c1-6-20-15(19)17(5,12-18)11-13-7-9-14(10-8-13)16(2,3)4/h7-10,12H,6,11H2,1-5H3. The zero-order valence-electron chi connectivity index (χ0n) is 13.0. The average molecular weight is 276 g/mol. The Balaban J connectivity index is 2.91. The minimum absolute atomic E-state index is 0.0909. The summed E-state index contributed by atoms with van der Waals surface area (Å²) >= 11 is 0. The van der Waals surface area contributed by atoms with Crippen molar-refractivity contribution in [2.24, 2.45) is 5.41 Å². The second-order valence-corrected chi connectivity index (χ2v) is 6.38. The second-order valence-electron chi connectivity index (χ2n) is 6.38. The highest BCUT2D eigenvalue weighted by molar-refractivity contribution is 5.93. The van der Waals surface area contributed by atoms with E-state index in [2.05, 4.69) is 20.8 Å². The van der Waals surface area contributed by atoms with Crippen LogP contribution in [0, 0.1) is 5.41 Å². The van der Waals surface area contributed by atoms with Gasteiger partial charge >= 0.3 is 5.97 Å². The van der Waals surface area contributed by atoms with E-state index in [4.69, 9.17) is 4.74 Å². The van der Waals surface area contributed by atoms with E-state index in [-0.39, 0.29) is 12.0 Å². The summed E-state index contributed by atoms with van der Waals surface area (Å²) in [4.78, 5) is 23.1. The predicted octanol–water partition coefficient (Wildman–Crippen LogP) is 3.29. The van der Waals surface area contributed by atoms with Crippen molar-refractivity contribution in [3.05, 3.63) is 35.4 Å². The number of hydrogen-bond donors (Lipinski definition) is 0. The van der Waals surface area contributed by atoms with E-state index in [0.29, 0.717) is 12.7 Å². The molecule has 0 aromatic heterocycles. The minimum atomic E-state index is -1.11. The van der Waals surface area contributed by atoms with Crippen LogP contribution in [0.2, 0.25) is 0 Å². The first-order valence-electron chi connectivity index (χ1n) is 6.96. The SMILES string of the molecule is CCOC(=O)C(C)(C=O)Cc1ccc(C(C)(C)C)cc1. The summed E-state index contributed by atoms with van der Waals surface area (Å²) in [6, 6.07) is 8.04. The van der Waals surface area contributed by atoms with E-state index >= 15 is 0 Å². The minimum Gasteiger partial charge on any atom is -0.465 e. The maximum absolute atomic E-state index is 11.9. The van der Waals surface area contributed by atoms with Crippen molar-refractivity contribution in [3.63, 3.8) is 0 Å². The average Bonchev–Trinajstić information content (AvgIpc) is 2.38. The van der Waals surface area contributed by atoms with E-state index in [1.54, 1.807) is 13.8 Å². The normalized spacial score (nSPS) is 14.4. The van der Waals surface area contributed by atoms with Crippen LogP contribution in [-0.4, -0.2) is 18.9 Å². The van der Waals surface area contributed by atoms with Crippen molar-refractivity contribution in [1.82, 2.24) is 0 Å². The number of rotatable bonds is 5. The lowest BCUT2D eigenvalue weighted by Crippen LogP contribution is -2.33. The van der Waals surface area contributed by atoms with Crippen LogP contribution in [-0.2, 0) is 26.2 Å². The van der Waals surface area contributed by atoms with Gasteiger partial charge in [0.15, 0.2) is 0 Å². The van der Waals surface area contributed by atoms with Gasteiger partial charge in [-0.15, -0.1) is 0 Å². The molecular formula is C17H24O3. The molecule has 0 fully saturated rings. The van der Waals surface area contributed by atoms with Crippen LogP contribution >= 0.6 is 0 Å². The molecule has 1 unspecified atom stereocenters. The fraction of sp³-hybridized carbons (Fsp3) is 0.529. The fourth-order valence-corrected chi connectivity index (χ4v) is 2.00. The van der Waals surface area contributed by atoms with Gasteiger partial charge < -0.3 is 9.53 Å². The smallest absolute Gasteiger partial charge is 0.319 e. The molecule has 110 valence electrons. The number of hydrogen-bond acceptors (Lipinski definition) is 3. The molecule has 3 heteroatoms. The summed E-state index contributed by atoms with van der Waals surface area (Å²) in [6.07, 6.45) is 1.04. The molecule has 1 rings (SSSR count). The molecule has 0 amide bonds.